The largest absolute Gasteiger partial charge is 1.00 e. The van der Waals surface area contributed by atoms with Crippen molar-refractivity contribution in [3.05, 3.63) is 33.1 Å². The van der Waals surface area contributed by atoms with Crippen LogP contribution in [0.5, 0.6) is 0 Å². The fraction of sp³-hybridized carbons (Fsp3) is 0.556. The molecule has 0 bridgehead atoms. The molecule has 0 amide bonds. The molecule has 1 aromatic rings. The van der Waals surface area contributed by atoms with Crippen LogP contribution < -0.4 is 82.5 Å². The van der Waals surface area contributed by atoms with Crippen LogP contribution in [0.15, 0.2) is 21.9 Å². The molecule has 0 radical (unpaired) electrons. The van der Waals surface area contributed by atoms with Crippen LogP contribution in [-0.4, -0.2) is 44.5 Å². The minimum absolute atomic E-state index is 0. The van der Waals surface area contributed by atoms with Crippen molar-refractivity contribution in [2.24, 2.45) is 0 Å². The first-order valence-electron chi connectivity index (χ1n) is 7.12. The molecular formula is C9H11FLi3N2O14P3. The van der Waals surface area contributed by atoms with E-state index < -0.39 is 65.9 Å². The minimum Gasteiger partial charge on any atom is -0.756 e. The molecule has 1 fully saturated rings. The SMILES string of the molecule is O=c1ccn([C@@H]2O[C@H](COP(=O)([O-])OP(=O)([O-])OP(=O)([O-])O)[C@@H](O)[C@H]2F)c(=O)[nH]1.[Li+].[Li+].[Li+]. The molecule has 0 saturated carbocycles. The van der Waals surface area contributed by atoms with E-state index in [4.69, 9.17) is 9.63 Å². The molecule has 7 atom stereocenters. The summed E-state index contributed by atoms with van der Waals surface area (Å²) < 4.78 is 63.0. The van der Waals surface area contributed by atoms with Gasteiger partial charge >= 0.3 is 62.3 Å². The van der Waals surface area contributed by atoms with Gasteiger partial charge in [-0.3, -0.25) is 28.0 Å². The Labute approximate surface area is 213 Å². The number of H-pyrrole nitrogens is 1. The van der Waals surface area contributed by atoms with Crippen LogP contribution in [0.25, 0.3) is 0 Å². The number of rotatable bonds is 8. The number of phosphoric acid groups is 3. The van der Waals surface area contributed by atoms with Crippen molar-refractivity contribution in [3.8, 4) is 0 Å². The van der Waals surface area contributed by atoms with Crippen LogP contribution in [0.1, 0.15) is 6.23 Å². The zero-order valence-corrected chi connectivity index (χ0v) is 19.3. The van der Waals surface area contributed by atoms with E-state index >= 15 is 0 Å². The van der Waals surface area contributed by atoms with Gasteiger partial charge < -0.3 is 33.9 Å². The van der Waals surface area contributed by atoms with Gasteiger partial charge in [0.25, 0.3) is 29.0 Å². The summed E-state index contributed by atoms with van der Waals surface area (Å²) >= 11 is 0. The van der Waals surface area contributed by atoms with Crippen molar-refractivity contribution >= 4 is 23.5 Å². The average Bonchev–Trinajstić information content (AvgIpc) is 2.78. The summed E-state index contributed by atoms with van der Waals surface area (Å²) in [6.45, 7) is -1.23. The molecule has 0 spiro atoms. The van der Waals surface area contributed by atoms with E-state index in [1.807, 2.05) is 0 Å². The first-order chi connectivity index (χ1) is 13.1. The number of aliphatic hydroxyl groups excluding tert-OH is 1. The third-order valence-corrected chi connectivity index (χ3v) is 6.91. The fourth-order valence-electron chi connectivity index (χ4n) is 2.15. The van der Waals surface area contributed by atoms with Crippen molar-refractivity contribution in [2.75, 3.05) is 6.61 Å². The molecular weight excluding hydrogens is 493 g/mol. The molecule has 0 aromatic carbocycles. The van der Waals surface area contributed by atoms with Gasteiger partial charge in [0.15, 0.2) is 12.4 Å². The van der Waals surface area contributed by atoms with Crippen LogP contribution in [0, 0.1) is 0 Å². The predicted molar refractivity (Wildman–Crippen MR) is 79.3 cm³/mol. The van der Waals surface area contributed by atoms with Gasteiger partial charge in [0, 0.05) is 12.3 Å². The molecule has 2 rings (SSSR count). The summed E-state index contributed by atoms with van der Waals surface area (Å²) in [4.78, 5) is 65.6. The molecule has 32 heavy (non-hydrogen) atoms. The van der Waals surface area contributed by atoms with Crippen molar-refractivity contribution in [3.63, 3.8) is 0 Å². The quantitative estimate of drug-likeness (QED) is 0.220. The van der Waals surface area contributed by atoms with Crippen molar-refractivity contribution in [1.29, 1.82) is 0 Å². The normalized spacial score (nSPS) is 28.1. The fourth-order valence-corrected chi connectivity index (χ4v) is 5.04. The van der Waals surface area contributed by atoms with Crippen LogP contribution >= 0.6 is 23.5 Å². The van der Waals surface area contributed by atoms with Crippen molar-refractivity contribution < 1.29 is 117 Å². The maximum absolute atomic E-state index is 14.2. The van der Waals surface area contributed by atoms with Gasteiger partial charge in [-0.1, -0.05) is 0 Å². The number of aromatic amines is 1. The number of hydrogen-bond donors (Lipinski definition) is 3. The number of nitrogens with zero attached hydrogens (tertiary/aromatic N) is 1. The Bertz CT molecular complexity index is 1020. The minimum atomic E-state index is -6.13. The van der Waals surface area contributed by atoms with E-state index in [2.05, 4.69) is 13.1 Å². The second kappa shape index (κ2) is 13.2. The van der Waals surface area contributed by atoms with E-state index in [1.165, 1.54) is 0 Å². The Hall–Kier alpha value is 0.732. The van der Waals surface area contributed by atoms with Gasteiger partial charge in [-0.25, -0.2) is 17.8 Å². The smallest absolute Gasteiger partial charge is 0.756 e. The number of phosphoric ester groups is 1. The maximum Gasteiger partial charge on any atom is 1.00 e. The molecule has 166 valence electrons. The molecule has 0 aliphatic carbocycles. The number of aromatic nitrogens is 2. The zero-order chi connectivity index (χ0) is 22.2. The van der Waals surface area contributed by atoms with E-state index in [9.17, 15) is 47.5 Å². The Morgan fingerprint density at radius 1 is 1.12 bits per heavy atom. The van der Waals surface area contributed by atoms with Gasteiger partial charge in [0.1, 0.15) is 12.2 Å². The van der Waals surface area contributed by atoms with Crippen molar-refractivity contribution in [1.82, 2.24) is 9.55 Å². The van der Waals surface area contributed by atoms with Gasteiger partial charge in [-0.05, 0) is 0 Å². The molecule has 1 aromatic heterocycles. The van der Waals surface area contributed by atoms with E-state index in [-0.39, 0.29) is 56.6 Å². The molecule has 1 aliphatic heterocycles. The number of nitrogens with one attached hydrogen (secondary N) is 1. The van der Waals surface area contributed by atoms with E-state index in [0.717, 1.165) is 12.3 Å². The molecule has 3 unspecified atom stereocenters. The topological polar surface area (TPSA) is 253 Å². The van der Waals surface area contributed by atoms with Crippen LogP contribution in [0.3, 0.4) is 0 Å². The van der Waals surface area contributed by atoms with Crippen LogP contribution in [0.4, 0.5) is 4.39 Å². The Kier molecular flexibility index (Phi) is 14.3. The van der Waals surface area contributed by atoms with Gasteiger partial charge in [0.05, 0.1) is 6.61 Å². The summed E-state index contributed by atoms with van der Waals surface area (Å²) in [5, 5.41) is 9.76. The number of ether oxygens (including phenoxy) is 1. The molecule has 2 heterocycles. The molecule has 3 N–H and O–H groups in total. The molecule has 1 saturated heterocycles. The Balaban J connectivity index is 0. The summed E-state index contributed by atoms with van der Waals surface area (Å²) in [5.41, 5.74) is -1.91. The summed E-state index contributed by atoms with van der Waals surface area (Å²) in [7, 11) is -17.9. The summed E-state index contributed by atoms with van der Waals surface area (Å²) in [6, 6.07) is 0.842. The first-order valence-corrected chi connectivity index (χ1v) is 11.5. The Morgan fingerprint density at radius 3 is 2.19 bits per heavy atom. The van der Waals surface area contributed by atoms with E-state index in [1.54, 1.807) is 4.98 Å². The van der Waals surface area contributed by atoms with Crippen LogP contribution in [0.2, 0.25) is 0 Å². The maximum atomic E-state index is 14.2. The van der Waals surface area contributed by atoms with Gasteiger partial charge in [-0.15, -0.1) is 0 Å². The molecule has 23 heteroatoms. The van der Waals surface area contributed by atoms with E-state index in [0.29, 0.717) is 4.57 Å². The third-order valence-electron chi connectivity index (χ3n) is 3.22. The average molecular weight is 504 g/mol. The predicted octanol–water partition coefficient (Wildman–Crippen LogP) is -12.4. The summed E-state index contributed by atoms with van der Waals surface area (Å²) in [6.07, 6.45) is -7.08. The number of hydrogen-bond acceptors (Lipinski definition) is 13. The number of aliphatic hydroxyl groups is 1. The third kappa shape index (κ3) is 10.2. The first kappa shape index (κ1) is 34.9. The Morgan fingerprint density at radius 2 is 1.69 bits per heavy atom. The number of halogens is 1. The second-order valence-electron chi connectivity index (χ2n) is 5.34. The van der Waals surface area contributed by atoms with Crippen molar-refractivity contribution in [2.45, 2.75) is 24.6 Å². The molecule has 1 aliphatic rings. The van der Waals surface area contributed by atoms with Gasteiger partial charge in [-0.2, -0.15) is 0 Å². The second-order valence-corrected chi connectivity index (χ2v) is 9.63. The number of alkyl halides is 1. The summed E-state index contributed by atoms with van der Waals surface area (Å²) in [5.74, 6) is 0. The van der Waals surface area contributed by atoms with Gasteiger partial charge in [0.2, 0.25) is 0 Å². The monoisotopic (exact) mass is 504 g/mol. The molecule has 16 nitrogen and oxygen atoms in total. The van der Waals surface area contributed by atoms with Crippen LogP contribution in [-0.2, 0) is 31.6 Å². The standard InChI is InChI=1S/C9H14FN2O14P3.3Li/c10-6-7(14)4(24-8(6)12-2-1-5(13)11-9(12)15)3-23-28(19,20)26-29(21,22)25-27(16,17)18;;;/h1-2,4,6-8,14H,3H2,(H,19,20)(H,21,22)(H,11,13,15)(H2,16,17,18);;;/q;3*+1/p-3/t4-,6-,7-,8-;;;/m1.../s1. The zero-order valence-electron chi connectivity index (χ0n) is 16.6.